The number of thiophene rings is 1. The standard InChI is InChI=1S/C8H6BIO2S2/c10-8-7(13)5-3-4(9(11)12)1-2-6(5)14-8/h1-3,11-13H. The second kappa shape index (κ2) is 4.01. The summed E-state index contributed by atoms with van der Waals surface area (Å²) in [7, 11) is -1.41. The number of rotatable bonds is 1. The molecule has 0 spiro atoms. The molecule has 72 valence electrons. The van der Waals surface area contributed by atoms with E-state index in [0.717, 1.165) is 17.9 Å². The Morgan fingerprint density at radius 1 is 1.36 bits per heavy atom. The molecular formula is C8H6BIO2S2. The van der Waals surface area contributed by atoms with Crippen molar-refractivity contribution in [2.45, 2.75) is 4.90 Å². The molecule has 0 unspecified atom stereocenters. The van der Waals surface area contributed by atoms with Crippen LogP contribution in [0, 0.1) is 2.88 Å². The highest BCUT2D eigenvalue weighted by molar-refractivity contribution is 14.1. The van der Waals surface area contributed by atoms with Crippen LogP contribution in [0.25, 0.3) is 10.1 Å². The van der Waals surface area contributed by atoms with Gasteiger partial charge in [0.2, 0.25) is 0 Å². The van der Waals surface area contributed by atoms with Gasteiger partial charge in [0.15, 0.2) is 0 Å². The normalized spacial score (nSPS) is 10.9. The van der Waals surface area contributed by atoms with Crippen LogP contribution in [-0.2, 0) is 0 Å². The Bertz CT molecular complexity index is 483. The van der Waals surface area contributed by atoms with Crippen molar-refractivity contribution in [3.05, 3.63) is 21.1 Å². The Labute approximate surface area is 105 Å². The SMILES string of the molecule is OB(O)c1ccc2sc(I)c(S)c2c1. The Kier molecular flexibility index (Phi) is 3.08. The summed E-state index contributed by atoms with van der Waals surface area (Å²) in [6.07, 6.45) is 0. The second-order valence-corrected chi connectivity index (χ2v) is 6.16. The minimum atomic E-state index is -1.41. The van der Waals surface area contributed by atoms with Crippen LogP contribution < -0.4 is 5.46 Å². The van der Waals surface area contributed by atoms with Gasteiger partial charge in [0.05, 0.1) is 2.88 Å². The van der Waals surface area contributed by atoms with E-state index in [-0.39, 0.29) is 0 Å². The minimum Gasteiger partial charge on any atom is -0.423 e. The zero-order valence-electron chi connectivity index (χ0n) is 6.94. The molecule has 2 aromatic rings. The van der Waals surface area contributed by atoms with E-state index >= 15 is 0 Å². The molecule has 1 heterocycles. The van der Waals surface area contributed by atoms with Crippen LogP contribution in [-0.4, -0.2) is 17.2 Å². The maximum atomic E-state index is 9.01. The molecule has 0 saturated heterocycles. The summed E-state index contributed by atoms with van der Waals surface area (Å²) in [5, 5.41) is 19.0. The van der Waals surface area contributed by atoms with Crippen molar-refractivity contribution in [1.82, 2.24) is 0 Å². The summed E-state index contributed by atoms with van der Waals surface area (Å²) in [4.78, 5) is 0.910. The predicted octanol–water partition coefficient (Wildman–Crippen LogP) is 1.47. The Morgan fingerprint density at radius 2 is 2.07 bits per heavy atom. The minimum absolute atomic E-state index is 0.502. The van der Waals surface area contributed by atoms with E-state index in [9.17, 15) is 0 Å². The molecule has 0 aliphatic carbocycles. The number of hydrogen-bond donors (Lipinski definition) is 3. The molecule has 2 nitrogen and oxygen atoms in total. The first-order chi connectivity index (χ1) is 6.59. The first-order valence-corrected chi connectivity index (χ1v) is 6.21. The summed E-state index contributed by atoms with van der Waals surface area (Å²) >= 11 is 8.24. The Balaban J connectivity index is 2.69. The molecule has 0 amide bonds. The maximum Gasteiger partial charge on any atom is 0.488 e. The molecule has 0 aliphatic rings. The molecule has 1 aromatic carbocycles. The van der Waals surface area contributed by atoms with Crippen LogP contribution in [0.2, 0.25) is 0 Å². The van der Waals surface area contributed by atoms with Gasteiger partial charge < -0.3 is 10.0 Å². The van der Waals surface area contributed by atoms with Crippen molar-refractivity contribution < 1.29 is 10.0 Å². The molecule has 2 rings (SSSR count). The topological polar surface area (TPSA) is 40.5 Å². The second-order valence-electron chi connectivity index (χ2n) is 2.85. The van der Waals surface area contributed by atoms with E-state index in [1.165, 1.54) is 0 Å². The summed E-state index contributed by atoms with van der Waals surface area (Å²) in [5.41, 5.74) is 0.502. The predicted molar refractivity (Wildman–Crippen MR) is 71.6 cm³/mol. The first kappa shape index (κ1) is 10.8. The van der Waals surface area contributed by atoms with Crippen molar-refractivity contribution >= 4 is 69.2 Å². The van der Waals surface area contributed by atoms with E-state index in [1.807, 2.05) is 6.07 Å². The Hall–Kier alpha value is 0.245. The van der Waals surface area contributed by atoms with E-state index in [4.69, 9.17) is 10.0 Å². The number of fused-ring (bicyclic) bond motifs is 1. The van der Waals surface area contributed by atoms with E-state index in [1.54, 1.807) is 23.5 Å². The lowest BCUT2D eigenvalue weighted by Gasteiger charge is -1.98. The molecule has 0 fully saturated rings. The summed E-state index contributed by atoms with van der Waals surface area (Å²) < 4.78 is 2.23. The average molecular weight is 336 g/mol. The zero-order valence-corrected chi connectivity index (χ0v) is 10.8. The van der Waals surface area contributed by atoms with Gasteiger partial charge in [-0.05, 0) is 34.1 Å². The van der Waals surface area contributed by atoms with Crippen molar-refractivity contribution in [1.29, 1.82) is 0 Å². The van der Waals surface area contributed by atoms with E-state index in [0.29, 0.717) is 5.46 Å². The molecule has 0 atom stereocenters. The van der Waals surface area contributed by atoms with Crippen molar-refractivity contribution in [3.8, 4) is 0 Å². The number of thiol groups is 1. The van der Waals surface area contributed by atoms with Gasteiger partial charge >= 0.3 is 7.12 Å². The summed E-state index contributed by atoms with van der Waals surface area (Å²) in [6.45, 7) is 0. The van der Waals surface area contributed by atoms with Gasteiger partial charge in [0.1, 0.15) is 0 Å². The molecule has 0 saturated carbocycles. The quantitative estimate of drug-likeness (QED) is 0.419. The highest BCUT2D eigenvalue weighted by Gasteiger charge is 2.13. The molecule has 0 aliphatic heterocycles. The molecule has 1 aromatic heterocycles. The fourth-order valence-corrected chi connectivity index (χ4v) is 3.44. The van der Waals surface area contributed by atoms with Crippen LogP contribution in [0.15, 0.2) is 23.1 Å². The van der Waals surface area contributed by atoms with Gasteiger partial charge in [-0.2, -0.15) is 0 Å². The van der Waals surface area contributed by atoms with Gasteiger partial charge in [0, 0.05) is 15.0 Å². The van der Waals surface area contributed by atoms with Gasteiger partial charge in [0.25, 0.3) is 0 Å². The molecular weight excluding hydrogens is 330 g/mol. The van der Waals surface area contributed by atoms with Gasteiger partial charge in [-0.3, -0.25) is 0 Å². The third kappa shape index (κ3) is 1.81. The summed E-state index contributed by atoms with van der Waals surface area (Å²) in [6, 6.07) is 5.37. The van der Waals surface area contributed by atoms with Crippen molar-refractivity contribution in [2.24, 2.45) is 0 Å². The lowest BCUT2D eigenvalue weighted by molar-refractivity contribution is 0.426. The number of halogens is 1. The van der Waals surface area contributed by atoms with E-state index < -0.39 is 7.12 Å². The highest BCUT2D eigenvalue weighted by atomic mass is 127. The first-order valence-electron chi connectivity index (χ1n) is 3.86. The monoisotopic (exact) mass is 336 g/mol. The van der Waals surface area contributed by atoms with Crippen LogP contribution >= 0.6 is 46.6 Å². The third-order valence-electron chi connectivity index (χ3n) is 1.94. The van der Waals surface area contributed by atoms with E-state index in [2.05, 4.69) is 35.2 Å². The lowest BCUT2D eigenvalue weighted by Crippen LogP contribution is -2.29. The van der Waals surface area contributed by atoms with Gasteiger partial charge in [-0.15, -0.1) is 24.0 Å². The number of benzene rings is 1. The molecule has 6 heteroatoms. The highest BCUT2D eigenvalue weighted by Crippen LogP contribution is 2.34. The third-order valence-corrected chi connectivity index (χ3v) is 5.14. The fourth-order valence-electron chi connectivity index (χ4n) is 1.23. The molecule has 0 radical (unpaired) electrons. The zero-order chi connectivity index (χ0) is 10.3. The largest absolute Gasteiger partial charge is 0.488 e. The lowest BCUT2D eigenvalue weighted by atomic mass is 9.80. The average Bonchev–Trinajstić information content (AvgIpc) is 2.43. The van der Waals surface area contributed by atoms with Crippen LogP contribution in [0.1, 0.15) is 0 Å². The molecule has 0 bridgehead atoms. The Morgan fingerprint density at radius 3 is 2.71 bits per heavy atom. The van der Waals surface area contributed by atoms with Gasteiger partial charge in [-0.25, -0.2) is 0 Å². The fraction of sp³-hybridized carbons (Fsp3) is 0. The maximum absolute atomic E-state index is 9.01. The van der Waals surface area contributed by atoms with Crippen molar-refractivity contribution in [3.63, 3.8) is 0 Å². The molecule has 14 heavy (non-hydrogen) atoms. The van der Waals surface area contributed by atoms with Crippen LogP contribution in [0.3, 0.4) is 0 Å². The van der Waals surface area contributed by atoms with Crippen LogP contribution in [0.4, 0.5) is 0 Å². The molecule has 2 N–H and O–H groups in total. The van der Waals surface area contributed by atoms with Crippen molar-refractivity contribution in [2.75, 3.05) is 0 Å². The number of hydrogen-bond acceptors (Lipinski definition) is 4. The van der Waals surface area contributed by atoms with Crippen LogP contribution in [0.5, 0.6) is 0 Å². The smallest absolute Gasteiger partial charge is 0.423 e. The summed E-state index contributed by atoms with van der Waals surface area (Å²) in [5.74, 6) is 0. The van der Waals surface area contributed by atoms with Gasteiger partial charge in [-0.1, -0.05) is 12.1 Å².